The van der Waals surface area contributed by atoms with Crippen LogP contribution in [0.2, 0.25) is 0 Å². The third kappa shape index (κ3) is 1.80. The number of nitrogens with two attached hydrogens (primary N) is 1. The van der Waals surface area contributed by atoms with E-state index in [1.807, 2.05) is 13.8 Å². The summed E-state index contributed by atoms with van der Waals surface area (Å²) in [5.41, 5.74) is 6.24. The fraction of sp³-hybridized carbons (Fsp3) is 0.250. The second-order valence-electron chi connectivity index (χ2n) is 3.85. The van der Waals surface area contributed by atoms with Crippen LogP contribution in [0.4, 0.5) is 0 Å². The molecule has 2 aromatic rings. The summed E-state index contributed by atoms with van der Waals surface area (Å²) in [6.07, 6.45) is 1.47. The van der Waals surface area contributed by atoms with E-state index in [2.05, 4.69) is 4.98 Å². The van der Waals surface area contributed by atoms with Crippen LogP contribution in [0.5, 0.6) is 0 Å². The molecule has 0 bridgehead atoms. The Morgan fingerprint density at radius 2 is 2.18 bits per heavy atom. The van der Waals surface area contributed by atoms with Gasteiger partial charge < -0.3 is 10.3 Å². The largest absolute Gasteiger partial charge is 0.365 e. The molecule has 0 aliphatic rings. The van der Waals surface area contributed by atoms with E-state index in [4.69, 9.17) is 5.73 Å². The van der Waals surface area contributed by atoms with E-state index in [-0.39, 0.29) is 11.0 Å². The van der Waals surface area contributed by atoms with Crippen LogP contribution in [0.15, 0.2) is 23.1 Å². The summed E-state index contributed by atoms with van der Waals surface area (Å²) < 4.78 is 1.75. The van der Waals surface area contributed by atoms with Gasteiger partial charge in [-0.25, -0.2) is 4.98 Å². The maximum Gasteiger partial charge on any atom is 0.254 e. The zero-order valence-corrected chi connectivity index (χ0v) is 9.73. The number of amides is 1. The van der Waals surface area contributed by atoms with Gasteiger partial charge in [0.15, 0.2) is 0 Å². The highest BCUT2D eigenvalue weighted by Crippen LogP contribution is 2.10. The Morgan fingerprint density at radius 1 is 1.47 bits per heavy atom. The van der Waals surface area contributed by atoms with Crippen LogP contribution in [0.3, 0.4) is 0 Å². The molecule has 17 heavy (non-hydrogen) atoms. The van der Waals surface area contributed by atoms with Crippen LogP contribution in [-0.2, 0) is 6.54 Å². The number of nitrogens with zero attached hydrogens (tertiary/aromatic N) is 2. The highest BCUT2D eigenvalue weighted by molar-refractivity contribution is 5.95. The van der Waals surface area contributed by atoms with Crippen molar-refractivity contribution in [1.82, 2.24) is 9.55 Å². The molecule has 2 rings (SSSR count). The number of carbonyl (C=O) groups is 1. The summed E-state index contributed by atoms with van der Waals surface area (Å²) in [6, 6.07) is 3.42. The lowest BCUT2D eigenvalue weighted by Gasteiger charge is -2.09. The number of rotatable bonds is 2. The van der Waals surface area contributed by atoms with E-state index in [0.29, 0.717) is 17.6 Å². The van der Waals surface area contributed by atoms with Gasteiger partial charge in [-0.3, -0.25) is 9.59 Å². The zero-order valence-electron chi connectivity index (χ0n) is 9.73. The van der Waals surface area contributed by atoms with E-state index in [1.165, 1.54) is 6.20 Å². The van der Waals surface area contributed by atoms with Crippen LogP contribution in [0.25, 0.3) is 11.0 Å². The molecule has 0 aromatic carbocycles. The number of carbonyl (C=O) groups excluding carboxylic acids is 1. The molecule has 0 radical (unpaired) electrons. The van der Waals surface area contributed by atoms with Gasteiger partial charge >= 0.3 is 0 Å². The minimum atomic E-state index is -0.709. The molecule has 0 unspecified atom stereocenters. The van der Waals surface area contributed by atoms with Gasteiger partial charge in [0.1, 0.15) is 11.2 Å². The third-order valence-corrected chi connectivity index (χ3v) is 2.67. The molecule has 2 heterocycles. The van der Waals surface area contributed by atoms with Gasteiger partial charge in [-0.05, 0) is 26.0 Å². The van der Waals surface area contributed by atoms with Crippen LogP contribution < -0.4 is 11.2 Å². The van der Waals surface area contributed by atoms with Gasteiger partial charge in [-0.15, -0.1) is 0 Å². The normalized spacial score (nSPS) is 10.7. The molecular weight excluding hydrogens is 218 g/mol. The molecular formula is C12H13N3O2. The topological polar surface area (TPSA) is 78.0 Å². The molecule has 88 valence electrons. The Labute approximate surface area is 97.9 Å². The molecule has 0 aliphatic carbocycles. The number of hydrogen-bond donors (Lipinski definition) is 1. The monoisotopic (exact) mass is 231 g/mol. The van der Waals surface area contributed by atoms with Gasteiger partial charge in [0.05, 0.1) is 5.39 Å². The van der Waals surface area contributed by atoms with E-state index < -0.39 is 5.91 Å². The lowest BCUT2D eigenvalue weighted by molar-refractivity contribution is 0.0999. The second-order valence-corrected chi connectivity index (χ2v) is 3.85. The predicted molar refractivity (Wildman–Crippen MR) is 64.9 cm³/mol. The molecule has 1 amide bonds. The quantitative estimate of drug-likeness (QED) is 0.831. The van der Waals surface area contributed by atoms with Gasteiger partial charge in [-0.2, -0.15) is 0 Å². The standard InChI is InChI=1S/C12H13N3O2/c1-3-15-6-9(11(13)17)10(16)8-5-4-7(2)14-12(8)15/h4-6H,3H2,1-2H3,(H2,13,17). The van der Waals surface area contributed by atoms with E-state index >= 15 is 0 Å². The van der Waals surface area contributed by atoms with Crippen molar-refractivity contribution >= 4 is 16.9 Å². The summed E-state index contributed by atoms with van der Waals surface area (Å²) in [5.74, 6) is -0.709. The van der Waals surface area contributed by atoms with E-state index in [0.717, 1.165) is 5.69 Å². The van der Waals surface area contributed by atoms with Gasteiger partial charge in [0.25, 0.3) is 5.91 Å². The van der Waals surface area contributed by atoms with Crippen LogP contribution in [0, 0.1) is 6.92 Å². The number of aryl methyl sites for hydroxylation is 2. The van der Waals surface area contributed by atoms with Crippen molar-refractivity contribution in [3.63, 3.8) is 0 Å². The zero-order chi connectivity index (χ0) is 12.6. The fourth-order valence-corrected chi connectivity index (χ4v) is 1.78. The van der Waals surface area contributed by atoms with Crippen molar-refractivity contribution in [1.29, 1.82) is 0 Å². The SMILES string of the molecule is CCn1cc(C(N)=O)c(=O)c2ccc(C)nc21. The minimum absolute atomic E-state index is 0.00463. The van der Waals surface area contributed by atoms with E-state index in [9.17, 15) is 9.59 Å². The number of fused-ring (bicyclic) bond motifs is 1. The molecule has 2 N–H and O–H groups in total. The Balaban J connectivity index is 2.95. The predicted octanol–water partition coefficient (Wildman–Crippen LogP) is 0.824. The first-order chi connectivity index (χ1) is 8.04. The smallest absolute Gasteiger partial charge is 0.254 e. The average Bonchev–Trinajstić information content (AvgIpc) is 2.29. The summed E-state index contributed by atoms with van der Waals surface area (Å²) >= 11 is 0. The summed E-state index contributed by atoms with van der Waals surface area (Å²) in [5, 5.41) is 0.425. The van der Waals surface area contributed by atoms with Crippen molar-refractivity contribution in [3.8, 4) is 0 Å². The molecule has 0 saturated heterocycles. The van der Waals surface area contributed by atoms with Crippen molar-refractivity contribution < 1.29 is 4.79 Å². The number of pyridine rings is 2. The minimum Gasteiger partial charge on any atom is -0.365 e. The molecule has 2 aromatic heterocycles. The maximum atomic E-state index is 12.0. The Hall–Kier alpha value is -2.17. The highest BCUT2D eigenvalue weighted by atomic mass is 16.2. The van der Waals surface area contributed by atoms with Gasteiger partial charge in [0.2, 0.25) is 5.43 Å². The number of primary amides is 1. The van der Waals surface area contributed by atoms with Crippen molar-refractivity contribution in [2.45, 2.75) is 20.4 Å². The van der Waals surface area contributed by atoms with Crippen LogP contribution >= 0.6 is 0 Å². The Kier molecular flexibility index (Phi) is 2.67. The molecule has 0 saturated carbocycles. The highest BCUT2D eigenvalue weighted by Gasteiger charge is 2.13. The van der Waals surface area contributed by atoms with Crippen molar-refractivity contribution in [3.05, 3.63) is 39.8 Å². The van der Waals surface area contributed by atoms with Crippen LogP contribution in [-0.4, -0.2) is 15.5 Å². The molecule has 0 atom stereocenters. The Bertz CT molecular complexity index is 659. The average molecular weight is 231 g/mol. The number of aromatic nitrogens is 2. The first-order valence-electron chi connectivity index (χ1n) is 5.35. The fourth-order valence-electron chi connectivity index (χ4n) is 1.78. The second kappa shape index (κ2) is 4.01. The van der Waals surface area contributed by atoms with E-state index in [1.54, 1.807) is 16.7 Å². The Morgan fingerprint density at radius 3 is 2.76 bits per heavy atom. The molecule has 5 nitrogen and oxygen atoms in total. The van der Waals surface area contributed by atoms with Crippen molar-refractivity contribution in [2.75, 3.05) is 0 Å². The van der Waals surface area contributed by atoms with Gasteiger partial charge in [0, 0.05) is 18.4 Å². The lowest BCUT2D eigenvalue weighted by atomic mass is 10.1. The first kappa shape index (κ1) is 11.3. The lowest BCUT2D eigenvalue weighted by Crippen LogP contribution is -2.24. The molecule has 0 fully saturated rings. The number of hydrogen-bond acceptors (Lipinski definition) is 3. The van der Waals surface area contributed by atoms with Crippen molar-refractivity contribution in [2.24, 2.45) is 5.73 Å². The van der Waals surface area contributed by atoms with Gasteiger partial charge in [-0.1, -0.05) is 0 Å². The molecule has 0 spiro atoms. The molecule has 5 heteroatoms. The maximum absolute atomic E-state index is 12.0. The van der Waals surface area contributed by atoms with Crippen LogP contribution in [0.1, 0.15) is 23.0 Å². The summed E-state index contributed by atoms with van der Waals surface area (Å²) in [4.78, 5) is 27.5. The summed E-state index contributed by atoms with van der Waals surface area (Å²) in [6.45, 7) is 4.39. The molecule has 0 aliphatic heterocycles. The first-order valence-corrected chi connectivity index (χ1v) is 5.35. The summed E-state index contributed by atoms with van der Waals surface area (Å²) in [7, 11) is 0. The third-order valence-electron chi connectivity index (χ3n) is 2.67.